The topological polar surface area (TPSA) is 65.4 Å². The van der Waals surface area contributed by atoms with Crippen LogP contribution in [0.25, 0.3) is 22.5 Å². The van der Waals surface area contributed by atoms with Crippen LogP contribution in [-0.2, 0) is 12.6 Å². The number of piperazine rings is 1. The van der Waals surface area contributed by atoms with Gasteiger partial charge in [-0.15, -0.1) is 0 Å². The second-order valence-corrected chi connectivity index (χ2v) is 8.40. The Labute approximate surface area is 191 Å². The summed E-state index contributed by atoms with van der Waals surface area (Å²) in [5.41, 5.74) is 7.28. The third-order valence-electron chi connectivity index (χ3n) is 6.19. The molecule has 8 heteroatoms. The van der Waals surface area contributed by atoms with Gasteiger partial charge in [-0.3, -0.25) is 4.79 Å². The molecule has 174 valence electrons. The summed E-state index contributed by atoms with van der Waals surface area (Å²) < 4.78 is 41.5. The predicted molar refractivity (Wildman–Crippen MR) is 123 cm³/mol. The number of aromatic amines is 1. The van der Waals surface area contributed by atoms with Gasteiger partial charge in [-0.25, -0.2) is 0 Å². The minimum absolute atomic E-state index is 0.0167. The number of hydrogen-bond acceptors (Lipinski definition) is 3. The number of nitrogens with one attached hydrogen (secondary N) is 1. The van der Waals surface area contributed by atoms with Crippen molar-refractivity contribution in [2.75, 3.05) is 39.8 Å². The molecule has 0 atom stereocenters. The lowest BCUT2D eigenvalue weighted by Gasteiger charge is -2.32. The molecule has 1 aromatic heterocycles. The molecule has 3 N–H and O–H groups in total. The highest BCUT2D eigenvalue weighted by Gasteiger charge is 2.35. The number of carbonyl (C=O) groups is 1. The SMILES string of the molecule is CN1CCN(CCc2c(-c3ccccc3C(F)(F)F)[nH]c(-c3ccccc3)c2C(N)=O)CC1. The molecular formula is C25H27F3N4O. The molecular weight excluding hydrogens is 429 g/mol. The molecule has 0 bridgehead atoms. The Hall–Kier alpha value is -3.10. The molecule has 3 aromatic rings. The molecule has 1 amide bonds. The Bertz CT molecular complexity index is 1120. The van der Waals surface area contributed by atoms with Crippen molar-refractivity contribution in [3.63, 3.8) is 0 Å². The summed E-state index contributed by atoms with van der Waals surface area (Å²) in [6.45, 7) is 4.21. The van der Waals surface area contributed by atoms with Crippen molar-refractivity contribution in [2.45, 2.75) is 12.6 Å². The predicted octanol–water partition coefficient (Wildman–Crippen LogP) is 4.26. The van der Waals surface area contributed by atoms with E-state index in [2.05, 4.69) is 21.8 Å². The van der Waals surface area contributed by atoms with Gasteiger partial charge in [-0.1, -0.05) is 48.5 Å². The summed E-state index contributed by atoms with van der Waals surface area (Å²) in [6, 6.07) is 14.5. The number of halogens is 3. The van der Waals surface area contributed by atoms with Gasteiger partial charge in [-0.2, -0.15) is 13.2 Å². The zero-order valence-corrected chi connectivity index (χ0v) is 18.5. The number of H-pyrrole nitrogens is 1. The quantitative estimate of drug-likeness (QED) is 0.583. The van der Waals surface area contributed by atoms with E-state index < -0.39 is 17.6 Å². The van der Waals surface area contributed by atoms with E-state index in [0.29, 0.717) is 35.5 Å². The van der Waals surface area contributed by atoms with E-state index in [4.69, 9.17) is 5.73 Å². The van der Waals surface area contributed by atoms with Gasteiger partial charge in [0.2, 0.25) is 0 Å². The van der Waals surface area contributed by atoms with Gasteiger partial charge in [0.1, 0.15) is 0 Å². The van der Waals surface area contributed by atoms with Gasteiger partial charge in [0, 0.05) is 38.3 Å². The highest BCUT2D eigenvalue weighted by Crippen LogP contribution is 2.41. The minimum Gasteiger partial charge on any atom is -0.366 e. The van der Waals surface area contributed by atoms with Crippen LogP contribution in [0.1, 0.15) is 21.5 Å². The van der Waals surface area contributed by atoms with Crippen LogP contribution in [0.3, 0.4) is 0 Å². The van der Waals surface area contributed by atoms with Gasteiger partial charge < -0.3 is 20.5 Å². The summed E-state index contributed by atoms with van der Waals surface area (Å²) in [5, 5.41) is 0. The molecule has 1 aliphatic rings. The van der Waals surface area contributed by atoms with Crippen LogP contribution in [0.2, 0.25) is 0 Å². The average Bonchev–Trinajstić information content (AvgIpc) is 3.18. The van der Waals surface area contributed by atoms with Gasteiger partial charge >= 0.3 is 6.18 Å². The number of likely N-dealkylation sites (N-methyl/N-ethyl adjacent to an activating group) is 1. The second-order valence-electron chi connectivity index (χ2n) is 8.40. The number of rotatable bonds is 6. The third kappa shape index (κ3) is 4.96. The molecule has 4 rings (SSSR count). The monoisotopic (exact) mass is 456 g/mol. The smallest absolute Gasteiger partial charge is 0.366 e. The van der Waals surface area contributed by atoms with Crippen LogP contribution in [-0.4, -0.2) is 60.5 Å². The molecule has 5 nitrogen and oxygen atoms in total. The van der Waals surface area contributed by atoms with Crippen LogP contribution in [0, 0.1) is 0 Å². The molecule has 1 saturated heterocycles. The first kappa shape index (κ1) is 23.1. The first-order valence-corrected chi connectivity index (χ1v) is 10.9. The normalized spacial score (nSPS) is 15.6. The maximum Gasteiger partial charge on any atom is 0.417 e. The number of nitrogens with zero attached hydrogens (tertiary/aromatic N) is 2. The largest absolute Gasteiger partial charge is 0.417 e. The van der Waals surface area contributed by atoms with E-state index in [1.165, 1.54) is 12.1 Å². The lowest BCUT2D eigenvalue weighted by atomic mass is 9.96. The van der Waals surface area contributed by atoms with Crippen molar-refractivity contribution >= 4 is 5.91 Å². The van der Waals surface area contributed by atoms with Gasteiger partial charge in [-0.05, 0) is 30.7 Å². The number of hydrogen-bond donors (Lipinski definition) is 2. The minimum atomic E-state index is -4.53. The second kappa shape index (κ2) is 9.41. The van der Waals surface area contributed by atoms with Gasteiger partial charge in [0.15, 0.2) is 0 Å². The van der Waals surface area contributed by atoms with Crippen molar-refractivity contribution in [3.05, 3.63) is 71.3 Å². The van der Waals surface area contributed by atoms with Crippen molar-refractivity contribution in [1.29, 1.82) is 0 Å². The molecule has 0 aliphatic carbocycles. The first-order chi connectivity index (χ1) is 15.8. The van der Waals surface area contributed by atoms with Crippen molar-refractivity contribution in [3.8, 4) is 22.5 Å². The maximum absolute atomic E-state index is 13.8. The Balaban J connectivity index is 1.84. The zero-order chi connectivity index (χ0) is 23.6. The van der Waals surface area contributed by atoms with Crippen molar-refractivity contribution < 1.29 is 18.0 Å². The van der Waals surface area contributed by atoms with Crippen LogP contribution in [0.4, 0.5) is 13.2 Å². The zero-order valence-electron chi connectivity index (χ0n) is 18.5. The number of alkyl halides is 3. The summed E-state index contributed by atoms with van der Waals surface area (Å²) in [6.07, 6.45) is -4.12. The Morgan fingerprint density at radius 1 is 0.970 bits per heavy atom. The lowest BCUT2D eigenvalue weighted by Crippen LogP contribution is -2.45. The van der Waals surface area contributed by atoms with Gasteiger partial charge in [0.25, 0.3) is 5.91 Å². The Morgan fingerprint density at radius 2 is 1.61 bits per heavy atom. The van der Waals surface area contributed by atoms with E-state index in [1.807, 2.05) is 30.3 Å². The van der Waals surface area contributed by atoms with E-state index in [0.717, 1.165) is 32.2 Å². The van der Waals surface area contributed by atoms with Crippen molar-refractivity contribution in [1.82, 2.24) is 14.8 Å². The number of nitrogens with two attached hydrogens (primary N) is 1. The summed E-state index contributed by atoms with van der Waals surface area (Å²) in [4.78, 5) is 20.2. The standard InChI is InChI=1S/C25H27F3N4O/c1-31-13-15-32(16-14-31)12-11-19-21(24(29)33)22(17-7-3-2-4-8-17)30-23(19)18-9-5-6-10-20(18)25(26,27)28/h2-10,30H,11-16H2,1H3,(H2,29,33). The fourth-order valence-corrected chi connectivity index (χ4v) is 4.40. The van der Waals surface area contributed by atoms with E-state index in [-0.39, 0.29) is 11.1 Å². The summed E-state index contributed by atoms with van der Waals surface area (Å²) in [7, 11) is 2.06. The Kier molecular flexibility index (Phi) is 6.58. The summed E-state index contributed by atoms with van der Waals surface area (Å²) >= 11 is 0. The highest BCUT2D eigenvalue weighted by atomic mass is 19.4. The van der Waals surface area contributed by atoms with Gasteiger partial charge in [0.05, 0.1) is 22.5 Å². The molecule has 1 fully saturated rings. The maximum atomic E-state index is 13.8. The number of primary amides is 1. The average molecular weight is 457 g/mol. The van der Waals surface area contributed by atoms with Crippen LogP contribution in [0.15, 0.2) is 54.6 Å². The molecule has 0 radical (unpaired) electrons. The molecule has 0 unspecified atom stereocenters. The molecule has 0 saturated carbocycles. The first-order valence-electron chi connectivity index (χ1n) is 10.9. The molecule has 1 aliphatic heterocycles. The lowest BCUT2D eigenvalue weighted by molar-refractivity contribution is -0.137. The van der Waals surface area contributed by atoms with Crippen molar-refractivity contribution in [2.24, 2.45) is 5.73 Å². The van der Waals surface area contributed by atoms with Crippen LogP contribution < -0.4 is 5.73 Å². The molecule has 33 heavy (non-hydrogen) atoms. The van der Waals surface area contributed by atoms with Crippen LogP contribution >= 0.6 is 0 Å². The highest BCUT2D eigenvalue weighted by molar-refractivity contribution is 6.03. The fraction of sp³-hybridized carbons (Fsp3) is 0.320. The molecule has 0 spiro atoms. The van der Waals surface area contributed by atoms with Crippen LogP contribution in [0.5, 0.6) is 0 Å². The fourth-order valence-electron chi connectivity index (χ4n) is 4.40. The van der Waals surface area contributed by atoms with E-state index >= 15 is 0 Å². The van der Waals surface area contributed by atoms with E-state index in [9.17, 15) is 18.0 Å². The number of benzene rings is 2. The number of aromatic nitrogens is 1. The summed E-state index contributed by atoms with van der Waals surface area (Å²) in [5.74, 6) is -0.658. The molecule has 2 heterocycles. The Morgan fingerprint density at radius 3 is 2.24 bits per heavy atom. The third-order valence-corrected chi connectivity index (χ3v) is 6.19. The number of carbonyl (C=O) groups excluding carboxylic acids is 1. The van der Waals surface area contributed by atoms with E-state index in [1.54, 1.807) is 6.07 Å². The molecule has 2 aromatic carbocycles. The number of amides is 1.